The average molecular weight is 570 g/mol. The van der Waals surface area contributed by atoms with Crippen molar-refractivity contribution in [3.63, 3.8) is 0 Å². The Labute approximate surface area is 246 Å². The molecule has 3 heterocycles. The van der Waals surface area contributed by atoms with Gasteiger partial charge in [0.1, 0.15) is 11.5 Å². The maximum atomic E-state index is 12.7. The number of hydrogen-bond acceptors (Lipinski definition) is 5. The average Bonchev–Trinajstić information content (AvgIpc) is 3.44. The highest BCUT2D eigenvalue weighted by atomic mass is 32.1. The fourth-order valence-electron chi connectivity index (χ4n) is 5.30. The summed E-state index contributed by atoms with van der Waals surface area (Å²) in [5.74, 6) is 0.630. The number of phenolic OH excluding ortho intramolecular Hbond substituents is 1. The number of thiocarbonyl (C=S) groups is 1. The summed E-state index contributed by atoms with van der Waals surface area (Å²) in [6, 6.07) is 20.5. The lowest BCUT2D eigenvalue weighted by molar-refractivity contribution is -0.123. The van der Waals surface area contributed by atoms with Crippen molar-refractivity contribution in [1.82, 2.24) is 14.9 Å². The number of benzene rings is 2. The summed E-state index contributed by atoms with van der Waals surface area (Å²) in [6.07, 6.45) is 1.78. The number of para-hydroxylation sites is 2. The zero-order chi connectivity index (χ0) is 29.5. The molecule has 0 bridgehead atoms. The number of aromatic hydroxyl groups is 1. The number of rotatable bonds is 6. The first kappa shape index (κ1) is 28.2. The van der Waals surface area contributed by atoms with Gasteiger partial charge in [0.25, 0.3) is 0 Å². The molecule has 2 atom stereocenters. The van der Waals surface area contributed by atoms with Gasteiger partial charge >= 0.3 is 0 Å². The molecule has 1 saturated heterocycles. The molecule has 4 aromatic rings. The Kier molecular flexibility index (Phi) is 7.48. The molecule has 8 nitrogen and oxygen atoms in total. The van der Waals surface area contributed by atoms with Crippen LogP contribution in [-0.4, -0.2) is 32.8 Å². The van der Waals surface area contributed by atoms with E-state index < -0.39 is 5.41 Å². The van der Waals surface area contributed by atoms with Gasteiger partial charge in [-0.05, 0) is 74.1 Å². The molecular weight excluding hydrogens is 534 g/mol. The van der Waals surface area contributed by atoms with Crippen molar-refractivity contribution in [2.75, 3.05) is 17.3 Å². The SMILES string of the molecule is COc1cc(N2C(=S)N[C@H](c3ccccn3)[C@@H]2c2cc(C)n(-c3ccccc3O)c2C)ccc1NC(=O)C(C)(C)C. The number of ether oxygens (including phenoxy) is 1. The zero-order valence-electron chi connectivity index (χ0n) is 24.1. The van der Waals surface area contributed by atoms with Crippen LogP contribution in [0, 0.1) is 19.3 Å². The molecule has 2 aromatic heterocycles. The summed E-state index contributed by atoms with van der Waals surface area (Å²) >= 11 is 5.93. The monoisotopic (exact) mass is 569 g/mol. The Morgan fingerprint density at radius 2 is 1.80 bits per heavy atom. The van der Waals surface area contributed by atoms with Gasteiger partial charge in [0.2, 0.25) is 5.91 Å². The van der Waals surface area contributed by atoms with Gasteiger partial charge in [-0.2, -0.15) is 0 Å². The third-order valence-electron chi connectivity index (χ3n) is 7.40. The molecule has 0 aliphatic carbocycles. The highest BCUT2D eigenvalue weighted by Gasteiger charge is 2.42. The maximum Gasteiger partial charge on any atom is 0.229 e. The molecule has 212 valence electrons. The predicted molar refractivity (Wildman–Crippen MR) is 166 cm³/mol. The molecule has 0 saturated carbocycles. The predicted octanol–water partition coefficient (Wildman–Crippen LogP) is 6.37. The fourth-order valence-corrected chi connectivity index (χ4v) is 5.65. The molecule has 1 fully saturated rings. The largest absolute Gasteiger partial charge is 0.506 e. The molecule has 0 spiro atoms. The molecule has 1 amide bonds. The van der Waals surface area contributed by atoms with E-state index in [9.17, 15) is 9.90 Å². The van der Waals surface area contributed by atoms with Gasteiger partial charge in [-0.1, -0.05) is 39.0 Å². The van der Waals surface area contributed by atoms with Crippen molar-refractivity contribution in [2.45, 2.75) is 46.7 Å². The van der Waals surface area contributed by atoms with Gasteiger partial charge in [0.05, 0.1) is 36.3 Å². The number of nitrogens with one attached hydrogen (secondary N) is 2. The zero-order valence-corrected chi connectivity index (χ0v) is 24.9. The molecule has 2 aromatic carbocycles. The molecule has 1 aliphatic rings. The van der Waals surface area contributed by atoms with Crippen LogP contribution in [0.4, 0.5) is 11.4 Å². The number of carbonyl (C=O) groups excluding carboxylic acids is 1. The van der Waals surface area contributed by atoms with Gasteiger partial charge in [0, 0.05) is 34.8 Å². The minimum atomic E-state index is -0.555. The Hall–Kier alpha value is -4.37. The van der Waals surface area contributed by atoms with Gasteiger partial charge < -0.3 is 29.9 Å². The first-order chi connectivity index (χ1) is 19.5. The minimum absolute atomic E-state index is 0.105. The van der Waals surface area contributed by atoms with E-state index in [2.05, 4.69) is 38.1 Å². The van der Waals surface area contributed by atoms with Gasteiger partial charge in [0.15, 0.2) is 5.11 Å². The molecule has 0 radical (unpaired) electrons. The van der Waals surface area contributed by atoms with E-state index >= 15 is 0 Å². The molecule has 0 unspecified atom stereocenters. The van der Waals surface area contributed by atoms with Gasteiger partial charge in [-0.3, -0.25) is 9.78 Å². The van der Waals surface area contributed by atoms with Crippen molar-refractivity contribution < 1.29 is 14.6 Å². The van der Waals surface area contributed by atoms with Crippen LogP contribution in [0.3, 0.4) is 0 Å². The summed E-state index contributed by atoms with van der Waals surface area (Å²) < 4.78 is 7.78. The van der Waals surface area contributed by atoms with Crippen LogP contribution in [-0.2, 0) is 4.79 Å². The summed E-state index contributed by atoms with van der Waals surface area (Å²) in [5, 5.41) is 17.7. The summed E-state index contributed by atoms with van der Waals surface area (Å²) in [4.78, 5) is 19.4. The molecule has 41 heavy (non-hydrogen) atoms. The highest BCUT2D eigenvalue weighted by Crippen LogP contribution is 2.45. The van der Waals surface area contributed by atoms with Crippen molar-refractivity contribution >= 4 is 34.6 Å². The van der Waals surface area contributed by atoms with E-state index in [-0.39, 0.29) is 23.7 Å². The number of phenols is 1. The second kappa shape index (κ2) is 10.9. The topological polar surface area (TPSA) is 91.7 Å². The molecule has 5 rings (SSSR count). The molecular formula is C32H35N5O3S. The third kappa shape index (κ3) is 5.25. The Morgan fingerprint density at radius 3 is 2.46 bits per heavy atom. The van der Waals surface area contributed by atoms with Crippen LogP contribution in [0.15, 0.2) is 72.9 Å². The normalized spacial score (nSPS) is 16.9. The summed E-state index contributed by atoms with van der Waals surface area (Å²) in [5.41, 5.74) is 5.41. The van der Waals surface area contributed by atoms with Crippen LogP contribution >= 0.6 is 12.2 Å². The van der Waals surface area contributed by atoms with E-state index in [1.165, 1.54) is 0 Å². The van der Waals surface area contributed by atoms with E-state index in [0.29, 0.717) is 22.2 Å². The fraction of sp³-hybridized carbons (Fsp3) is 0.281. The van der Waals surface area contributed by atoms with Crippen molar-refractivity contribution in [3.8, 4) is 17.2 Å². The molecule has 3 N–H and O–H groups in total. The Morgan fingerprint density at radius 1 is 1.07 bits per heavy atom. The van der Waals surface area contributed by atoms with E-state index in [4.69, 9.17) is 17.0 Å². The number of carbonyl (C=O) groups is 1. The number of hydrogen-bond donors (Lipinski definition) is 3. The first-order valence-corrected chi connectivity index (χ1v) is 13.9. The van der Waals surface area contributed by atoms with Crippen molar-refractivity contribution in [3.05, 3.63) is 95.6 Å². The number of amides is 1. The third-order valence-corrected chi connectivity index (χ3v) is 7.72. The maximum absolute atomic E-state index is 12.7. The van der Waals surface area contributed by atoms with Crippen LogP contribution in [0.1, 0.15) is 55.5 Å². The van der Waals surface area contributed by atoms with Gasteiger partial charge in [-0.25, -0.2) is 0 Å². The Balaban J connectivity index is 1.64. The minimum Gasteiger partial charge on any atom is -0.506 e. The second-order valence-corrected chi connectivity index (χ2v) is 11.6. The lowest BCUT2D eigenvalue weighted by Crippen LogP contribution is -2.30. The number of aryl methyl sites for hydroxylation is 1. The molecule has 1 aliphatic heterocycles. The van der Waals surface area contributed by atoms with Crippen LogP contribution < -0.4 is 20.3 Å². The van der Waals surface area contributed by atoms with Crippen LogP contribution in [0.2, 0.25) is 0 Å². The number of anilines is 2. The highest BCUT2D eigenvalue weighted by molar-refractivity contribution is 7.80. The molecule has 9 heteroatoms. The van der Waals surface area contributed by atoms with Crippen molar-refractivity contribution in [2.24, 2.45) is 5.41 Å². The lowest BCUT2D eigenvalue weighted by Gasteiger charge is -2.29. The number of methoxy groups -OCH3 is 1. The van der Waals surface area contributed by atoms with E-state index in [0.717, 1.165) is 28.3 Å². The van der Waals surface area contributed by atoms with E-state index in [1.54, 1.807) is 19.4 Å². The van der Waals surface area contributed by atoms with Crippen LogP contribution in [0.25, 0.3) is 5.69 Å². The van der Waals surface area contributed by atoms with Crippen molar-refractivity contribution in [1.29, 1.82) is 0 Å². The smallest absolute Gasteiger partial charge is 0.229 e. The second-order valence-electron chi connectivity index (χ2n) is 11.2. The van der Waals surface area contributed by atoms with E-state index in [1.807, 2.05) is 82.3 Å². The number of pyridine rings is 1. The van der Waals surface area contributed by atoms with Gasteiger partial charge in [-0.15, -0.1) is 0 Å². The quantitative estimate of drug-likeness (QED) is 0.233. The number of aromatic nitrogens is 2. The standard InChI is InChI=1S/C32H35N5O3S/c1-19-17-22(20(2)36(19)25-12-7-8-13-26(25)38)29-28(24-11-9-10-16-33-24)35-31(41)37(29)21-14-15-23(27(18-21)40-6)34-30(39)32(3,4)5/h7-18,28-29,38H,1-6H3,(H,34,39)(H,35,41)/t28-,29+/m1/s1. The Bertz CT molecular complexity index is 1610. The lowest BCUT2D eigenvalue weighted by atomic mass is 9.95. The summed E-state index contributed by atoms with van der Waals surface area (Å²) in [6.45, 7) is 9.68. The number of nitrogens with zero attached hydrogens (tertiary/aromatic N) is 3. The van der Waals surface area contributed by atoms with Crippen LogP contribution in [0.5, 0.6) is 11.5 Å². The summed E-state index contributed by atoms with van der Waals surface area (Å²) in [7, 11) is 1.58. The first-order valence-electron chi connectivity index (χ1n) is 13.5.